The fraction of sp³-hybridized carbons (Fsp3) is 1.00. The first kappa shape index (κ1) is 27.7. The van der Waals surface area contributed by atoms with E-state index in [0.29, 0.717) is 36.9 Å². The van der Waals surface area contributed by atoms with Crippen molar-refractivity contribution < 1.29 is 22.6 Å². The van der Waals surface area contributed by atoms with Crippen LogP contribution in [0.1, 0.15) is 110 Å². The van der Waals surface area contributed by atoms with Crippen molar-refractivity contribution in [2.24, 2.45) is 35.5 Å². The van der Waals surface area contributed by atoms with E-state index in [-0.39, 0.29) is 17.8 Å². The molecule has 0 aliphatic heterocycles. The Balaban J connectivity index is 1.15. The summed E-state index contributed by atoms with van der Waals surface area (Å²) in [6, 6.07) is 0. The Labute approximate surface area is 212 Å². The van der Waals surface area contributed by atoms with Gasteiger partial charge in [0.05, 0.1) is 12.2 Å². The molecule has 0 heterocycles. The summed E-state index contributed by atoms with van der Waals surface area (Å²) in [6.07, 6.45) is 10.8. The van der Waals surface area contributed by atoms with Crippen LogP contribution < -0.4 is 0 Å². The normalized spacial score (nSPS) is 45.3. The van der Waals surface area contributed by atoms with Gasteiger partial charge < -0.3 is 9.47 Å². The van der Waals surface area contributed by atoms with E-state index < -0.39 is 24.6 Å². The topological polar surface area (TPSA) is 18.5 Å². The van der Waals surface area contributed by atoms with Crippen LogP contribution in [0.4, 0.5) is 13.2 Å². The Kier molecular flexibility index (Phi) is 10.7. The molecule has 4 fully saturated rings. The maximum atomic E-state index is 15.2. The van der Waals surface area contributed by atoms with Crippen LogP contribution in [0.3, 0.4) is 0 Å². The molecule has 0 bridgehead atoms. The predicted octanol–water partition coefficient (Wildman–Crippen LogP) is 8.41. The lowest BCUT2D eigenvalue weighted by molar-refractivity contribution is -0.100. The highest BCUT2D eigenvalue weighted by molar-refractivity contribution is 4.94. The van der Waals surface area contributed by atoms with E-state index in [9.17, 15) is 4.39 Å². The predicted molar refractivity (Wildman–Crippen MR) is 136 cm³/mol. The molecule has 204 valence electrons. The quantitative estimate of drug-likeness (QED) is 0.296. The van der Waals surface area contributed by atoms with Crippen molar-refractivity contribution in [1.82, 2.24) is 0 Å². The van der Waals surface area contributed by atoms with Gasteiger partial charge in [0, 0.05) is 13.2 Å². The van der Waals surface area contributed by atoms with Gasteiger partial charge >= 0.3 is 0 Å². The molecule has 0 amide bonds. The summed E-state index contributed by atoms with van der Waals surface area (Å²) in [7, 11) is 0. The fourth-order valence-electron chi connectivity index (χ4n) is 7.77. The van der Waals surface area contributed by atoms with Gasteiger partial charge in [-0.1, -0.05) is 26.7 Å². The lowest BCUT2D eigenvalue weighted by atomic mass is 9.68. The molecule has 0 aromatic carbocycles. The van der Waals surface area contributed by atoms with Crippen LogP contribution in [0, 0.1) is 35.5 Å². The summed E-state index contributed by atoms with van der Waals surface area (Å²) >= 11 is 0. The van der Waals surface area contributed by atoms with Crippen LogP contribution >= 0.6 is 0 Å². The fourth-order valence-corrected chi connectivity index (χ4v) is 7.77. The Morgan fingerprint density at radius 3 is 2.03 bits per heavy atom. The van der Waals surface area contributed by atoms with Gasteiger partial charge in [0.2, 0.25) is 0 Å². The average Bonchev–Trinajstić information content (AvgIpc) is 2.86. The Morgan fingerprint density at radius 2 is 1.34 bits per heavy atom. The Morgan fingerprint density at radius 1 is 0.686 bits per heavy atom. The van der Waals surface area contributed by atoms with Crippen molar-refractivity contribution in [3.63, 3.8) is 0 Å². The van der Waals surface area contributed by atoms with Gasteiger partial charge in [0.1, 0.15) is 12.3 Å². The maximum Gasteiger partial charge on any atom is 0.157 e. The standard InChI is InChI=1S/C30H51F3O2/c1-3-4-17-34-24-12-10-23(11-13-24)26-15-16-28(30(33)29(26)32)35-19-21-6-8-22(9-7-21)25-14-5-20(2)18-27(25)31/h20-30H,3-19H2,1-2H3. The highest BCUT2D eigenvalue weighted by Crippen LogP contribution is 2.44. The molecule has 7 unspecified atom stereocenters. The Bertz CT molecular complexity index is 602. The van der Waals surface area contributed by atoms with E-state index in [1.165, 1.54) is 0 Å². The SMILES string of the molecule is CCCCOC1CCC(C2CCC(OCC3CCC(C4CCC(C)CC4F)CC3)C(F)C2F)CC1. The molecule has 2 nitrogen and oxygen atoms in total. The molecular formula is C30H51F3O2. The smallest absolute Gasteiger partial charge is 0.157 e. The molecule has 35 heavy (non-hydrogen) atoms. The average molecular weight is 501 g/mol. The highest BCUT2D eigenvalue weighted by Gasteiger charge is 2.45. The molecule has 4 aliphatic carbocycles. The minimum atomic E-state index is -1.50. The van der Waals surface area contributed by atoms with Crippen molar-refractivity contribution in [1.29, 1.82) is 0 Å². The molecule has 0 aromatic heterocycles. The largest absolute Gasteiger partial charge is 0.378 e. The van der Waals surface area contributed by atoms with Crippen LogP contribution in [0.15, 0.2) is 0 Å². The summed E-state index contributed by atoms with van der Waals surface area (Å²) in [4.78, 5) is 0. The molecular weight excluding hydrogens is 449 g/mol. The molecule has 0 spiro atoms. The van der Waals surface area contributed by atoms with E-state index in [1.807, 2.05) is 0 Å². The third-order valence-corrected chi connectivity index (χ3v) is 10.2. The van der Waals surface area contributed by atoms with Crippen LogP contribution in [0.2, 0.25) is 0 Å². The minimum absolute atomic E-state index is 0.163. The van der Waals surface area contributed by atoms with E-state index in [0.717, 1.165) is 96.5 Å². The lowest BCUT2D eigenvalue weighted by Gasteiger charge is -2.42. The van der Waals surface area contributed by atoms with Gasteiger partial charge in [-0.3, -0.25) is 0 Å². The van der Waals surface area contributed by atoms with Gasteiger partial charge in [-0.25, -0.2) is 13.2 Å². The molecule has 5 heteroatoms. The molecule has 0 saturated heterocycles. The zero-order chi connectivity index (χ0) is 24.8. The summed E-state index contributed by atoms with van der Waals surface area (Å²) in [5.41, 5.74) is 0. The van der Waals surface area contributed by atoms with E-state index >= 15 is 8.78 Å². The van der Waals surface area contributed by atoms with Gasteiger partial charge in [-0.05, 0) is 119 Å². The molecule has 4 aliphatic rings. The second-order valence-electron chi connectivity index (χ2n) is 12.6. The summed E-state index contributed by atoms with van der Waals surface area (Å²) in [5, 5.41) is 0. The lowest BCUT2D eigenvalue weighted by Crippen LogP contribution is -2.46. The van der Waals surface area contributed by atoms with E-state index in [4.69, 9.17) is 9.47 Å². The Hall–Kier alpha value is -0.290. The van der Waals surface area contributed by atoms with Crippen LogP contribution in [0.25, 0.3) is 0 Å². The third kappa shape index (κ3) is 7.39. The van der Waals surface area contributed by atoms with E-state index in [1.54, 1.807) is 0 Å². The maximum absolute atomic E-state index is 15.2. The van der Waals surface area contributed by atoms with Crippen molar-refractivity contribution in [2.45, 2.75) is 141 Å². The van der Waals surface area contributed by atoms with Crippen LogP contribution in [-0.4, -0.2) is 43.9 Å². The number of ether oxygens (including phenoxy) is 2. The molecule has 0 N–H and O–H groups in total. The zero-order valence-electron chi connectivity index (χ0n) is 22.3. The second-order valence-corrected chi connectivity index (χ2v) is 12.6. The number of hydrogen-bond donors (Lipinski definition) is 0. The van der Waals surface area contributed by atoms with Crippen molar-refractivity contribution in [2.75, 3.05) is 13.2 Å². The number of halogens is 3. The first-order valence-electron chi connectivity index (χ1n) is 15.1. The van der Waals surface area contributed by atoms with E-state index in [2.05, 4.69) is 13.8 Å². The van der Waals surface area contributed by atoms with Crippen molar-refractivity contribution >= 4 is 0 Å². The highest BCUT2D eigenvalue weighted by atomic mass is 19.2. The number of unbranched alkanes of at least 4 members (excludes halogenated alkanes) is 1. The molecule has 4 rings (SSSR count). The van der Waals surface area contributed by atoms with Gasteiger partial charge in [0.25, 0.3) is 0 Å². The molecule has 0 aromatic rings. The zero-order valence-corrected chi connectivity index (χ0v) is 22.3. The number of hydrogen-bond acceptors (Lipinski definition) is 2. The van der Waals surface area contributed by atoms with Crippen molar-refractivity contribution in [3.05, 3.63) is 0 Å². The third-order valence-electron chi connectivity index (χ3n) is 10.2. The van der Waals surface area contributed by atoms with Gasteiger partial charge in [-0.15, -0.1) is 0 Å². The molecule has 7 atom stereocenters. The summed E-state index contributed by atoms with van der Waals surface area (Å²) in [5.74, 6) is 1.80. The van der Waals surface area contributed by atoms with Crippen molar-refractivity contribution in [3.8, 4) is 0 Å². The number of alkyl halides is 3. The van der Waals surface area contributed by atoms with Crippen LogP contribution in [-0.2, 0) is 9.47 Å². The van der Waals surface area contributed by atoms with Gasteiger partial charge in [0.15, 0.2) is 6.17 Å². The summed E-state index contributed by atoms with van der Waals surface area (Å²) in [6.45, 7) is 5.69. The molecule has 4 saturated carbocycles. The van der Waals surface area contributed by atoms with Gasteiger partial charge in [-0.2, -0.15) is 0 Å². The van der Waals surface area contributed by atoms with Crippen LogP contribution in [0.5, 0.6) is 0 Å². The second kappa shape index (κ2) is 13.5. The first-order valence-corrected chi connectivity index (χ1v) is 15.1. The monoisotopic (exact) mass is 500 g/mol. The number of rotatable bonds is 9. The minimum Gasteiger partial charge on any atom is -0.378 e. The molecule has 0 radical (unpaired) electrons. The summed E-state index contributed by atoms with van der Waals surface area (Å²) < 4.78 is 56.9. The first-order chi connectivity index (χ1) is 17.0.